The molecule has 2 rings (SSSR count). The average Bonchev–Trinajstić information content (AvgIpc) is 2.88. The second-order valence-corrected chi connectivity index (χ2v) is 6.08. The summed E-state index contributed by atoms with van der Waals surface area (Å²) in [5.41, 5.74) is 0.512. The van der Waals surface area contributed by atoms with E-state index < -0.39 is 12.2 Å². The first-order valence-electron chi connectivity index (χ1n) is 7.60. The quantitative estimate of drug-likeness (QED) is 0.821. The number of carbonyl (C=O) groups is 1. The van der Waals surface area contributed by atoms with Gasteiger partial charge in [0.05, 0.1) is 12.1 Å². The van der Waals surface area contributed by atoms with E-state index in [4.69, 9.17) is 0 Å². The molecule has 1 aliphatic carbocycles. The Kier molecular flexibility index (Phi) is 5.00. The van der Waals surface area contributed by atoms with Gasteiger partial charge in [-0.05, 0) is 32.8 Å². The highest BCUT2D eigenvalue weighted by molar-refractivity contribution is 5.92. The second-order valence-electron chi connectivity index (χ2n) is 6.08. The molecule has 0 unspecified atom stereocenters. The van der Waals surface area contributed by atoms with Crippen LogP contribution in [0.1, 0.15) is 56.1 Å². The Morgan fingerprint density at radius 1 is 1.38 bits per heavy atom. The monoisotopic (exact) mass is 295 g/mol. The first-order valence-corrected chi connectivity index (χ1v) is 7.60. The molecule has 1 aliphatic rings. The molecular formula is C15H25N3O3. The molecular weight excluding hydrogens is 270 g/mol. The maximum atomic E-state index is 12.7. The Morgan fingerprint density at radius 3 is 2.71 bits per heavy atom. The predicted molar refractivity (Wildman–Crippen MR) is 79.0 cm³/mol. The van der Waals surface area contributed by atoms with Gasteiger partial charge >= 0.3 is 0 Å². The van der Waals surface area contributed by atoms with E-state index >= 15 is 0 Å². The molecule has 0 aliphatic heterocycles. The Hall–Kier alpha value is -1.40. The van der Waals surface area contributed by atoms with Gasteiger partial charge in [0.25, 0.3) is 5.91 Å². The van der Waals surface area contributed by atoms with Crippen molar-refractivity contribution in [1.82, 2.24) is 14.7 Å². The minimum Gasteiger partial charge on any atom is -0.390 e. The van der Waals surface area contributed by atoms with E-state index in [0.29, 0.717) is 18.5 Å². The molecule has 0 radical (unpaired) electrons. The fraction of sp³-hybridized carbons (Fsp3) is 0.733. The third-order valence-corrected chi connectivity index (χ3v) is 4.23. The fourth-order valence-corrected chi connectivity index (χ4v) is 2.95. The summed E-state index contributed by atoms with van der Waals surface area (Å²) in [5.74, 6) is -0.167. The Bertz CT molecular complexity index is 486. The summed E-state index contributed by atoms with van der Waals surface area (Å²) in [6.07, 6.45) is 3.03. The Morgan fingerprint density at radius 2 is 2.05 bits per heavy atom. The van der Waals surface area contributed by atoms with E-state index in [1.54, 1.807) is 28.9 Å². The van der Waals surface area contributed by atoms with Gasteiger partial charge in [-0.15, -0.1) is 0 Å². The van der Waals surface area contributed by atoms with Crippen molar-refractivity contribution in [2.75, 3.05) is 7.05 Å². The van der Waals surface area contributed by atoms with Crippen LogP contribution in [0.2, 0.25) is 0 Å². The number of amides is 1. The van der Waals surface area contributed by atoms with Gasteiger partial charge in [-0.2, -0.15) is 5.10 Å². The Labute approximate surface area is 125 Å². The van der Waals surface area contributed by atoms with Crippen molar-refractivity contribution >= 4 is 5.91 Å². The van der Waals surface area contributed by atoms with Crippen LogP contribution in [0.5, 0.6) is 0 Å². The largest absolute Gasteiger partial charge is 0.390 e. The van der Waals surface area contributed by atoms with Crippen LogP contribution < -0.4 is 0 Å². The van der Waals surface area contributed by atoms with Crippen LogP contribution in [0, 0.1) is 0 Å². The smallest absolute Gasteiger partial charge is 0.272 e. The number of hydrogen-bond donors (Lipinski definition) is 2. The summed E-state index contributed by atoms with van der Waals surface area (Å²) in [6, 6.07) is 1.43. The molecule has 1 fully saturated rings. The maximum absolute atomic E-state index is 12.7. The van der Waals surface area contributed by atoms with E-state index in [2.05, 4.69) is 5.10 Å². The number of aromatic nitrogens is 2. The number of likely N-dealkylation sites (N-methyl/N-ethyl adjacent to an activating group) is 1. The van der Waals surface area contributed by atoms with E-state index in [1.165, 1.54) is 0 Å². The molecule has 1 aromatic heterocycles. The lowest BCUT2D eigenvalue weighted by Crippen LogP contribution is -2.48. The Balaban J connectivity index is 2.19. The van der Waals surface area contributed by atoms with Crippen LogP contribution in [-0.2, 0) is 0 Å². The van der Waals surface area contributed by atoms with Gasteiger partial charge in [0.1, 0.15) is 11.8 Å². The van der Waals surface area contributed by atoms with E-state index in [1.807, 2.05) is 13.8 Å². The third-order valence-electron chi connectivity index (χ3n) is 4.23. The average molecular weight is 295 g/mol. The van der Waals surface area contributed by atoms with Crippen molar-refractivity contribution in [3.8, 4) is 0 Å². The molecule has 0 aromatic carbocycles. The summed E-state index contributed by atoms with van der Waals surface area (Å²) in [7, 11) is 1.69. The normalized spacial score (nSPS) is 26.7. The minimum absolute atomic E-state index is 0.0944. The van der Waals surface area contributed by atoms with Crippen LogP contribution in [-0.4, -0.2) is 56.1 Å². The SMILES string of the molecule is CC(C)n1nccc1C(=O)N(C)[C@@H]1CCCC[C@@H](O)[C@@H]1O. The van der Waals surface area contributed by atoms with Crippen molar-refractivity contribution < 1.29 is 15.0 Å². The number of aliphatic hydroxyl groups is 2. The zero-order valence-electron chi connectivity index (χ0n) is 12.9. The molecule has 1 heterocycles. The van der Waals surface area contributed by atoms with Crippen molar-refractivity contribution in [2.24, 2.45) is 0 Å². The van der Waals surface area contributed by atoms with Crippen molar-refractivity contribution in [3.63, 3.8) is 0 Å². The molecule has 3 atom stereocenters. The van der Waals surface area contributed by atoms with Gasteiger partial charge in [0.15, 0.2) is 0 Å². The van der Waals surface area contributed by atoms with Gasteiger partial charge < -0.3 is 15.1 Å². The number of rotatable bonds is 3. The summed E-state index contributed by atoms with van der Waals surface area (Å²) >= 11 is 0. The number of carbonyl (C=O) groups excluding carboxylic acids is 1. The lowest BCUT2D eigenvalue weighted by molar-refractivity contribution is -0.0258. The summed E-state index contributed by atoms with van der Waals surface area (Å²) in [5, 5.41) is 24.3. The summed E-state index contributed by atoms with van der Waals surface area (Å²) in [4.78, 5) is 14.2. The van der Waals surface area contributed by atoms with Gasteiger partial charge in [0, 0.05) is 19.3 Å². The molecule has 1 amide bonds. The van der Waals surface area contributed by atoms with Gasteiger partial charge in [-0.3, -0.25) is 9.48 Å². The minimum atomic E-state index is -0.892. The molecule has 118 valence electrons. The third kappa shape index (κ3) is 3.27. The van der Waals surface area contributed by atoms with Gasteiger partial charge in [-0.1, -0.05) is 12.8 Å². The van der Waals surface area contributed by atoms with E-state index in [9.17, 15) is 15.0 Å². The molecule has 0 saturated heterocycles. The van der Waals surface area contributed by atoms with Crippen LogP contribution in [0.3, 0.4) is 0 Å². The first kappa shape index (κ1) is 16.0. The van der Waals surface area contributed by atoms with Crippen LogP contribution in [0.25, 0.3) is 0 Å². The number of nitrogens with zero attached hydrogens (tertiary/aromatic N) is 3. The van der Waals surface area contributed by atoms with Crippen molar-refractivity contribution in [2.45, 2.75) is 63.8 Å². The molecule has 0 spiro atoms. The highest BCUT2D eigenvalue weighted by atomic mass is 16.3. The van der Waals surface area contributed by atoms with Crippen LogP contribution in [0.15, 0.2) is 12.3 Å². The van der Waals surface area contributed by atoms with Crippen molar-refractivity contribution in [1.29, 1.82) is 0 Å². The maximum Gasteiger partial charge on any atom is 0.272 e. The molecule has 1 aromatic rings. The lowest BCUT2D eigenvalue weighted by atomic mass is 10.0. The van der Waals surface area contributed by atoms with E-state index in [-0.39, 0.29) is 18.0 Å². The molecule has 6 heteroatoms. The number of hydrogen-bond acceptors (Lipinski definition) is 4. The zero-order chi connectivity index (χ0) is 15.6. The van der Waals surface area contributed by atoms with Gasteiger partial charge in [-0.25, -0.2) is 0 Å². The van der Waals surface area contributed by atoms with Crippen LogP contribution in [0.4, 0.5) is 0 Å². The van der Waals surface area contributed by atoms with Gasteiger partial charge in [0.2, 0.25) is 0 Å². The second kappa shape index (κ2) is 6.58. The highest BCUT2D eigenvalue weighted by Crippen LogP contribution is 2.23. The first-order chi connectivity index (χ1) is 9.93. The molecule has 1 saturated carbocycles. The predicted octanol–water partition coefficient (Wildman–Crippen LogP) is 1.20. The number of aliphatic hydroxyl groups excluding tert-OH is 2. The van der Waals surface area contributed by atoms with Crippen LogP contribution >= 0.6 is 0 Å². The molecule has 21 heavy (non-hydrogen) atoms. The standard InChI is InChI=1S/C15H25N3O3/c1-10(2)18-12(8-9-16-18)15(21)17(3)11-6-4-5-7-13(19)14(11)20/h8-11,13-14,19-20H,4-7H2,1-3H3/t11-,13-,14-/m1/s1. The topological polar surface area (TPSA) is 78.6 Å². The summed E-state index contributed by atoms with van der Waals surface area (Å²) in [6.45, 7) is 3.93. The lowest BCUT2D eigenvalue weighted by Gasteiger charge is -2.32. The highest BCUT2D eigenvalue weighted by Gasteiger charge is 2.34. The van der Waals surface area contributed by atoms with Crippen molar-refractivity contribution in [3.05, 3.63) is 18.0 Å². The molecule has 0 bridgehead atoms. The summed E-state index contributed by atoms with van der Waals surface area (Å²) < 4.78 is 1.68. The van der Waals surface area contributed by atoms with E-state index in [0.717, 1.165) is 12.8 Å². The zero-order valence-corrected chi connectivity index (χ0v) is 12.9. The molecule has 6 nitrogen and oxygen atoms in total. The fourth-order valence-electron chi connectivity index (χ4n) is 2.95. The molecule has 2 N–H and O–H groups in total.